The number of rotatable bonds is 8. The first kappa shape index (κ1) is 31.9. The molecule has 0 radical (unpaired) electrons. The molecule has 1 aromatic heterocycles. The van der Waals surface area contributed by atoms with Crippen LogP contribution in [0.3, 0.4) is 0 Å². The van der Waals surface area contributed by atoms with E-state index in [1.165, 1.54) is 47.0 Å². The van der Waals surface area contributed by atoms with E-state index in [9.17, 15) is 18.0 Å². The minimum Gasteiger partial charge on any atom is -0.406 e. The Balaban J connectivity index is 1.21. The minimum atomic E-state index is -4.75. The first-order valence-corrected chi connectivity index (χ1v) is 15.3. The van der Waals surface area contributed by atoms with Gasteiger partial charge in [0.25, 0.3) is 0 Å². The molecule has 0 saturated carbocycles. The number of aryl methyl sites for hydroxylation is 1. The van der Waals surface area contributed by atoms with Gasteiger partial charge in [-0.05, 0) is 78.1 Å². The number of anilines is 1. The van der Waals surface area contributed by atoms with Crippen molar-refractivity contribution >= 4 is 51.9 Å². The summed E-state index contributed by atoms with van der Waals surface area (Å²) in [4.78, 5) is 23.4. The normalized spacial score (nSPS) is 14.6. The third-order valence-electron chi connectivity index (χ3n) is 6.66. The Labute approximate surface area is 268 Å². The second-order valence-electron chi connectivity index (χ2n) is 10.4. The van der Waals surface area contributed by atoms with E-state index >= 15 is 0 Å². The van der Waals surface area contributed by atoms with E-state index in [2.05, 4.69) is 45.0 Å². The lowest BCUT2D eigenvalue weighted by Gasteiger charge is -2.22. The van der Waals surface area contributed by atoms with Crippen molar-refractivity contribution in [3.05, 3.63) is 95.8 Å². The molecule has 1 saturated heterocycles. The van der Waals surface area contributed by atoms with Crippen LogP contribution in [0.1, 0.15) is 36.5 Å². The average Bonchev–Trinajstić information content (AvgIpc) is 3.62. The average molecular weight is 651 g/mol. The van der Waals surface area contributed by atoms with Crippen LogP contribution >= 0.6 is 24.0 Å². The molecule has 0 atom stereocenters. The lowest BCUT2D eigenvalue weighted by molar-refractivity contribution is -0.274. The maximum Gasteiger partial charge on any atom is 0.573 e. The molecule has 5 rings (SSSR count). The van der Waals surface area contributed by atoms with Crippen LogP contribution in [0.4, 0.5) is 18.9 Å². The van der Waals surface area contributed by atoms with Crippen LogP contribution in [-0.4, -0.2) is 49.6 Å². The number of thioether (sulfide) groups is 1. The predicted octanol–water partition coefficient (Wildman–Crippen LogP) is 7.29. The first-order chi connectivity index (χ1) is 21.5. The number of hydrogen-bond donors (Lipinski definition) is 1. The zero-order valence-electron chi connectivity index (χ0n) is 24.6. The Morgan fingerprint density at radius 2 is 1.93 bits per heavy atom. The molecule has 0 bridgehead atoms. The number of aromatic nitrogens is 3. The topological polar surface area (TPSA) is 84.6 Å². The van der Waals surface area contributed by atoms with Gasteiger partial charge in [0, 0.05) is 12.1 Å². The first-order valence-electron chi connectivity index (χ1n) is 13.9. The highest BCUT2D eigenvalue weighted by Crippen LogP contribution is 2.34. The molecule has 0 unspecified atom stereocenters. The number of carbonyl (C=O) groups is 1. The fourth-order valence-electron chi connectivity index (χ4n) is 4.59. The second kappa shape index (κ2) is 13.7. The Bertz CT molecular complexity index is 1770. The number of halogens is 3. The van der Waals surface area contributed by atoms with Crippen LogP contribution in [0.2, 0.25) is 0 Å². The molecule has 4 aromatic rings. The highest BCUT2D eigenvalue weighted by atomic mass is 32.2. The van der Waals surface area contributed by atoms with E-state index in [0.29, 0.717) is 29.0 Å². The number of amides is 1. The fraction of sp³-hybridized carbons (Fsp3) is 0.219. The molecule has 232 valence electrons. The van der Waals surface area contributed by atoms with Gasteiger partial charge in [0.1, 0.15) is 12.1 Å². The van der Waals surface area contributed by atoms with E-state index in [-0.39, 0.29) is 22.7 Å². The van der Waals surface area contributed by atoms with Crippen molar-refractivity contribution in [1.82, 2.24) is 20.1 Å². The molecule has 1 amide bonds. The fourth-order valence-corrected chi connectivity index (χ4v) is 5.68. The number of hydrogen-bond acceptors (Lipinski definition) is 6. The number of nitrogens with zero attached hydrogens (tertiary/aromatic N) is 5. The summed E-state index contributed by atoms with van der Waals surface area (Å²) in [5.74, 6) is 0.660. The molecule has 45 heavy (non-hydrogen) atoms. The van der Waals surface area contributed by atoms with E-state index < -0.39 is 6.36 Å². The van der Waals surface area contributed by atoms with Crippen LogP contribution < -0.4 is 15.0 Å². The number of alkyl halides is 3. The molecule has 1 fully saturated rings. The second-order valence-corrected chi connectivity index (χ2v) is 11.7. The highest BCUT2D eigenvalue weighted by molar-refractivity contribution is 8.15. The molecular formula is C32H29F3N6O2S2. The van der Waals surface area contributed by atoms with Crippen molar-refractivity contribution in [2.24, 2.45) is 4.99 Å². The van der Waals surface area contributed by atoms with Gasteiger partial charge in [0.15, 0.2) is 16.1 Å². The van der Waals surface area contributed by atoms with Gasteiger partial charge in [-0.2, -0.15) is 4.99 Å². The third-order valence-corrected chi connectivity index (χ3v) is 7.82. The zero-order chi connectivity index (χ0) is 32.1. The number of aliphatic imine (C=N–C) groups is 1. The molecule has 3 aromatic carbocycles. The lowest BCUT2D eigenvalue weighted by Crippen LogP contribution is -2.32. The molecule has 0 aliphatic carbocycles. The van der Waals surface area contributed by atoms with Crippen LogP contribution in [0, 0.1) is 6.92 Å². The van der Waals surface area contributed by atoms with Crippen molar-refractivity contribution in [2.45, 2.75) is 33.1 Å². The summed E-state index contributed by atoms with van der Waals surface area (Å²) in [6.07, 6.45) is 0.564. The quantitative estimate of drug-likeness (QED) is 0.201. The summed E-state index contributed by atoms with van der Waals surface area (Å²) in [5.41, 5.74) is 5.18. The number of amidine groups is 1. The molecule has 1 N–H and O–H groups in total. The summed E-state index contributed by atoms with van der Waals surface area (Å²) >= 11 is 6.84. The molecular weight excluding hydrogens is 622 g/mol. The third kappa shape index (κ3) is 8.17. The SMILES string of the molecule is Cc1ccc(C(C)C)c(N2C(=O)CSC2=NC(=S)NC/C=C\c2cccc(-c3ncn(-c4ccc(OC(F)(F)F)cc4)n3)c2)c1. The number of nitrogens with one attached hydrogen (secondary N) is 1. The van der Waals surface area contributed by atoms with E-state index in [4.69, 9.17) is 12.2 Å². The summed E-state index contributed by atoms with van der Waals surface area (Å²) in [5, 5.41) is 8.40. The van der Waals surface area contributed by atoms with Gasteiger partial charge in [-0.15, -0.1) is 18.3 Å². The standard InChI is InChI=1S/C32H29F3N6O2S2/c1-20(2)26-14-9-21(3)16-27(26)41-28(42)18-45-31(41)38-30(44)36-15-5-7-22-6-4-8-23(17-22)29-37-19-40(39-29)24-10-12-25(13-11-24)43-32(33,34)35/h4-14,16-17,19-20H,15,18H2,1-3H3,(H,36,44)/b7-5-,38-31?. The van der Waals surface area contributed by atoms with E-state index in [0.717, 1.165) is 27.9 Å². The van der Waals surface area contributed by atoms with E-state index in [1.54, 1.807) is 4.90 Å². The van der Waals surface area contributed by atoms with Crippen molar-refractivity contribution in [3.8, 4) is 22.8 Å². The Kier molecular flexibility index (Phi) is 9.68. The Morgan fingerprint density at radius 3 is 2.67 bits per heavy atom. The molecule has 1 aliphatic rings. The van der Waals surface area contributed by atoms with E-state index in [1.807, 2.05) is 55.5 Å². The number of ether oxygens (including phenoxy) is 1. The van der Waals surface area contributed by atoms with Gasteiger partial charge in [-0.3, -0.25) is 9.69 Å². The van der Waals surface area contributed by atoms with Crippen molar-refractivity contribution in [3.63, 3.8) is 0 Å². The van der Waals surface area contributed by atoms with Crippen LogP contribution in [-0.2, 0) is 4.79 Å². The smallest absolute Gasteiger partial charge is 0.406 e. The van der Waals surface area contributed by atoms with Crippen LogP contribution in [0.15, 0.2) is 84.1 Å². The molecule has 0 spiro atoms. The molecule has 8 nitrogen and oxygen atoms in total. The van der Waals surface area contributed by atoms with Crippen LogP contribution in [0.5, 0.6) is 5.75 Å². The van der Waals surface area contributed by atoms with Gasteiger partial charge < -0.3 is 10.1 Å². The van der Waals surface area contributed by atoms with Crippen LogP contribution in [0.25, 0.3) is 23.2 Å². The number of carbonyl (C=O) groups excluding carboxylic acids is 1. The number of benzene rings is 3. The Morgan fingerprint density at radius 1 is 1.16 bits per heavy atom. The zero-order valence-corrected chi connectivity index (χ0v) is 26.2. The van der Waals surface area contributed by atoms with Gasteiger partial charge in [0.2, 0.25) is 5.91 Å². The Hall–Kier alpha value is -4.49. The van der Waals surface area contributed by atoms with Gasteiger partial charge >= 0.3 is 6.36 Å². The maximum atomic E-state index is 12.8. The van der Waals surface area contributed by atoms with Crippen molar-refractivity contribution in [1.29, 1.82) is 0 Å². The number of thiocarbonyl (C=S) groups is 1. The molecule has 1 aliphatic heterocycles. The summed E-state index contributed by atoms with van der Waals surface area (Å²) in [7, 11) is 0. The largest absolute Gasteiger partial charge is 0.573 e. The van der Waals surface area contributed by atoms with Gasteiger partial charge in [-0.1, -0.05) is 68.1 Å². The highest BCUT2D eigenvalue weighted by Gasteiger charge is 2.32. The minimum absolute atomic E-state index is 0.0263. The van der Waals surface area contributed by atoms with Crippen molar-refractivity contribution < 1.29 is 22.7 Å². The van der Waals surface area contributed by atoms with Gasteiger partial charge in [0.05, 0.1) is 17.1 Å². The summed E-state index contributed by atoms with van der Waals surface area (Å²) in [6.45, 7) is 6.61. The van der Waals surface area contributed by atoms with Crippen molar-refractivity contribution in [2.75, 3.05) is 17.2 Å². The predicted molar refractivity (Wildman–Crippen MR) is 176 cm³/mol. The van der Waals surface area contributed by atoms with Gasteiger partial charge in [-0.25, -0.2) is 9.67 Å². The molecule has 2 heterocycles. The summed E-state index contributed by atoms with van der Waals surface area (Å²) < 4.78 is 42.7. The maximum absolute atomic E-state index is 12.8. The molecule has 13 heteroatoms. The lowest BCUT2D eigenvalue weighted by atomic mass is 9.99. The summed E-state index contributed by atoms with van der Waals surface area (Å²) in [6, 6.07) is 19.1. The monoisotopic (exact) mass is 650 g/mol.